The summed E-state index contributed by atoms with van der Waals surface area (Å²) in [6.07, 6.45) is 1.81. The lowest BCUT2D eigenvalue weighted by Crippen LogP contribution is -2.46. The number of pyridine rings is 1. The number of aromatic nitrogens is 1. The van der Waals surface area contributed by atoms with E-state index >= 15 is 0 Å². The second-order valence-corrected chi connectivity index (χ2v) is 8.22. The molecule has 0 bridgehead atoms. The maximum atomic E-state index is 13.2. The van der Waals surface area contributed by atoms with Crippen LogP contribution in [0, 0.1) is 12.7 Å². The minimum absolute atomic E-state index is 0.151. The standard InChI is InChI=1S/C26H25FN4O2/c1-18-2-9-23(33-18)17-29-26(32)20-4-3-19-10-11-28-25(24(19)16-20)31-14-12-30(13-15-31)22-7-5-21(27)6-8-22/h2-11,16H,12-15,17H2,1H3,(H,29,32). The van der Waals surface area contributed by atoms with Gasteiger partial charge in [0.25, 0.3) is 5.91 Å². The molecule has 3 heterocycles. The number of hydrogen-bond donors (Lipinski definition) is 1. The third-order valence-electron chi connectivity index (χ3n) is 6.00. The number of furan rings is 1. The molecular formula is C26H25FN4O2. The van der Waals surface area contributed by atoms with E-state index in [-0.39, 0.29) is 11.7 Å². The summed E-state index contributed by atoms with van der Waals surface area (Å²) in [5.74, 6) is 2.05. The number of aryl methyl sites for hydroxylation is 1. The topological polar surface area (TPSA) is 61.6 Å². The summed E-state index contributed by atoms with van der Waals surface area (Å²) < 4.78 is 18.8. The van der Waals surface area contributed by atoms with Gasteiger partial charge in [-0.2, -0.15) is 0 Å². The molecule has 1 N–H and O–H groups in total. The van der Waals surface area contributed by atoms with E-state index in [1.54, 1.807) is 0 Å². The highest BCUT2D eigenvalue weighted by Crippen LogP contribution is 2.27. The number of halogens is 1. The van der Waals surface area contributed by atoms with Gasteiger partial charge in [0.15, 0.2) is 0 Å². The van der Waals surface area contributed by atoms with Gasteiger partial charge >= 0.3 is 0 Å². The highest BCUT2D eigenvalue weighted by molar-refractivity contribution is 6.01. The van der Waals surface area contributed by atoms with Crippen LogP contribution in [0.2, 0.25) is 0 Å². The van der Waals surface area contributed by atoms with Crippen molar-refractivity contribution in [2.75, 3.05) is 36.0 Å². The van der Waals surface area contributed by atoms with Crippen molar-refractivity contribution in [3.05, 3.63) is 89.8 Å². The molecule has 1 saturated heterocycles. The molecule has 0 unspecified atom stereocenters. The van der Waals surface area contributed by atoms with Crippen LogP contribution in [0.15, 0.2) is 71.3 Å². The molecule has 1 amide bonds. The summed E-state index contributed by atoms with van der Waals surface area (Å²) in [4.78, 5) is 21.9. The molecule has 0 aliphatic carbocycles. The van der Waals surface area contributed by atoms with Crippen LogP contribution in [0.4, 0.5) is 15.9 Å². The molecule has 7 heteroatoms. The van der Waals surface area contributed by atoms with Crippen LogP contribution >= 0.6 is 0 Å². The molecule has 168 valence electrons. The molecule has 2 aromatic carbocycles. The van der Waals surface area contributed by atoms with Gasteiger partial charge in [-0.25, -0.2) is 9.37 Å². The number of carbonyl (C=O) groups is 1. The Kier molecular flexibility index (Phi) is 5.69. The zero-order valence-electron chi connectivity index (χ0n) is 18.4. The average Bonchev–Trinajstić information content (AvgIpc) is 3.27. The Labute approximate surface area is 191 Å². The lowest BCUT2D eigenvalue weighted by molar-refractivity contribution is 0.0948. The van der Waals surface area contributed by atoms with Gasteiger partial charge < -0.3 is 19.5 Å². The van der Waals surface area contributed by atoms with Crippen LogP contribution in [0.25, 0.3) is 10.8 Å². The fourth-order valence-corrected chi connectivity index (χ4v) is 4.22. The van der Waals surface area contributed by atoms with Crippen LogP contribution in [-0.4, -0.2) is 37.1 Å². The predicted octanol–water partition coefficient (Wildman–Crippen LogP) is 4.53. The molecule has 0 spiro atoms. The average molecular weight is 445 g/mol. The largest absolute Gasteiger partial charge is 0.465 e. The smallest absolute Gasteiger partial charge is 0.251 e. The van der Waals surface area contributed by atoms with E-state index in [1.807, 2.05) is 61.7 Å². The quantitative estimate of drug-likeness (QED) is 0.490. The lowest BCUT2D eigenvalue weighted by atomic mass is 10.1. The highest BCUT2D eigenvalue weighted by Gasteiger charge is 2.20. The number of hydrogen-bond acceptors (Lipinski definition) is 5. The van der Waals surface area contributed by atoms with Crippen LogP contribution < -0.4 is 15.1 Å². The monoisotopic (exact) mass is 444 g/mol. The number of anilines is 2. The molecule has 0 saturated carbocycles. The maximum Gasteiger partial charge on any atom is 0.251 e. The summed E-state index contributed by atoms with van der Waals surface area (Å²) in [5.41, 5.74) is 1.61. The van der Waals surface area contributed by atoms with Gasteiger partial charge in [0, 0.05) is 49.0 Å². The highest BCUT2D eigenvalue weighted by atomic mass is 19.1. The number of amides is 1. The van der Waals surface area contributed by atoms with E-state index in [2.05, 4.69) is 20.1 Å². The van der Waals surface area contributed by atoms with E-state index in [4.69, 9.17) is 4.42 Å². The Hall–Kier alpha value is -3.87. The Bertz CT molecular complexity index is 1280. The van der Waals surface area contributed by atoms with Crippen molar-refractivity contribution in [1.82, 2.24) is 10.3 Å². The van der Waals surface area contributed by atoms with Gasteiger partial charge in [-0.05, 0) is 66.9 Å². The van der Waals surface area contributed by atoms with Gasteiger partial charge in [-0.15, -0.1) is 0 Å². The molecule has 2 aromatic heterocycles. The molecule has 1 aliphatic heterocycles. The third-order valence-corrected chi connectivity index (χ3v) is 6.00. The van der Waals surface area contributed by atoms with Crippen molar-refractivity contribution in [3.8, 4) is 0 Å². The predicted molar refractivity (Wildman–Crippen MR) is 127 cm³/mol. The first kappa shape index (κ1) is 21.0. The first-order valence-corrected chi connectivity index (χ1v) is 11.0. The maximum absolute atomic E-state index is 13.2. The van der Waals surface area contributed by atoms with Crippen molar-refractivity contribution in [2.24, 2.45) is 0 Å². The number of piperazine rings is 1. The number of nitrogens with zero attached hydrogens (tertiary/aromatic N) is 3. The van der Waals surface area contributed by atoms with Crippen LogP contribution in [0.1, 0.15) is 21.9 Å². The summed E-state index contributed by atoms with van der Waals surface area (Å²) in [6.45, 7) is 5.42. The summed E-state index contributed by atoms with van der Waals surface area (Å²) in [5, 5.41) is 4.91. The Morgan fingerprint density at radius 2 is 1.76 bits per heavy atom. The molecular weight excluding hydrogens is 419 g/mol. The minimum atomic E-state index is -0.226. The minimum Gasteiger partial charge on any atom is -0.465 e. The molecule has 33 heavy (non-hydrogen) atoms. The first-order valence-electron chi connectivity index (χ1n) is 11.0. The van der Waals surface area contributed by atoms with Crippen LogP contribution in [-0.2, 0) is 6.54 Å². The van der Waals surface area contributed by atoms with E-state index < -0.39 is 0 Å². The molecule has 5 rings (SSSR count). The number of carbonyl (C=O) groups excluding carboxylic acids is 1. The zero-order valence-corrected chi connectivity index (χ0v) is 18.4. The molecule has 4 aromatic rings. The van der Waals surface area contributed by atoms with Gasteiger partial charge in [-0.3, -0.25) is 4.79 Å². The molecule has 1 aliphatic rings. The SMILES string of the molecule is Cc1ccc(CNC(=O)c2ccc3ccnc(N4CCN(c5ccc(F)cc5)CC4)c3c2)o1. The lowest BCUT2D eigenvalue weighted by Gasteiger charge is -2.37. The number of fused-ring (bicyclic) bond motifs is 1. The Morgan fingerprint density at radius 3 is 2.48 bits per heavy atom. The van der Waals surface area contributed by atoms with Crippen molar-refractivity contribution in [1.29, 1.82) is 0 Å². The summed E-state index contributed by atoms with van der Waals surface area (Å²) >= 11 is 0. The van der Waals surface area contributed by atoms with E-state index in [0.29, 0.717) is 12.1 Å². The summed E-state index contributed by atoms with van der Waals surface area (Å²) in [6, 6.07) is 18.0. The third kappa shape index (κ3) is 4.53. The first-order chi connectivity index (χ1) is 16.1. The molecule has 0 atom stereocenters. The fraction of sp³-hybridized carbons (Fsp3) is 0.231. The second kappa shape index (κ2) is 8.94. The zero-order chi connectivity index (χ0) is 22.8. The Morgan fingerprint density at radius 1 is 1.00 bits per heavy atom. The Balaban J connectivity index is 1.32. The van der Waals surface area contributed by atoms with Gasteiger partial charge in [0.2, 0.25) is 0 Å². The summed E-state index contributed by atoms with van der Waals surface area (Å²) in [7, 11) is 0. The van der Waals surface area contributed by atoms with Crippen LogP contribution in [0.3, 0.4) is 0 Å². The van der Waals surface area contributed by atoms with Gasteiger partial charge in [0.1, 0.15) is 23.2 Å². The second-order valence-electron chi connectivity index (χ2n) is 8.22. The normalized spacial score (nSPS) is 14.0. The number of nitrogens with one attached hydrogen (secondary N) is 1. The molecule has 6 nitrogen and oxygen atoms in total. The van der Waals surface area contributed by atoms with Crippen molar-refractivity contribution in [3.63, 3.8) is 0 Å². The fourth-order valence-electron chi connectivity index (χ4n) is 4.22. The van der Waals surface area contributed by atoms with E-state index in [0.717, 1.165) is 60.0 Å². The molecule has 1 fully saturated rings. The molecule has 0 radical (unpaired) electrons. The van der Waals surface area contributed by atoms with Crippen molar-refractivity contribution >= 4 is 28.2 Å². The van der Waals surface area contributed by atoms with Gasteiger partial charge in [0.05, 0.1) is 6.54 Å². The van der Waals surface area contributed by atoms with E-state index in [1.165, 1.54) is 12.1 Å². The van der Waals surface area contributed by atoms with Crippen LogP contribution in [0.5, 0.6) is 0 Å². The van der Waals surface area contributed by atoms with Crippen molar-refractivity contribution < 1.29 is 13.6 Å². The van der Waals surface area contributed by atoms with Crippen molar-refractivity contribution in [2.45, 2.75) is 13.5 Å². The van der Waals surface area contributed by atoms with Gasteiger partial charge in [-0.1, -0.05) is 6.07 Å². The van der Waals surface area contributed by atoms with E-state index in [9.17, 15) is 9.18 Å². The number of benzene rings is 2. The number of rotatable bonds is 5.